The highest BCUT2D eigenvalue weighted by Crippen LogP contribution is 2.27. The van der Waals surface area contributed by atoms with Crippen molar-refractivity contribution in [1.29, 1.82) is 0 Å². The molecule has 0 spiro atoms. The fraction of sp³-hybridized carbons (Fsp3) is 0.176. The third-order valence-electron chi connectivity index (χ3n) is 3.49. The number of anilines is 1. The van der Waals surface area contributed by atoms with Crippen LogP contribution in [0.2, 0.25) is 0 Å². The van der Waals surface area contributed by atoms with E-state index in [9.17, 15) is 8.78 Å². The van der Waals surface area contributed by atoms with Crippen LogP contribution >= 0.6 is 15.9 Å². The van der Waals surface area contributed by atoms with Gasteiger partial charge in [-0.1, -0.05) is 40.2 Å². The van der Waals surface area contributed by atoms with E-state index in [4.69, 9.17) is 0 Å². The molecule has 23 heavy (non-hydrogen) atoms. The molecule has 0 fully saturated rings. The van der Waals surface area contributed by atoms with E-state index in [2.05, 4.69) is 25.9 Å². The lowest BCUT2D eigenvalue weighted by Gasteiger charge is -2.20. The predicted molar refractivity (Wildman–Crippen MR) is 90.7 cm³/mol. The smallest absolute Gasteiger partial charge is 0.297 e. The Kier molecular flexibility index (Phi) is 4.52. The van der Waals surface area contributed by atoms with Crippen molar-refractivity contribution >= 4 is 32.7 Å². The third kappa shape index (κ3) is 3.47. The Hall–Kier alpha value is -2.08. The lowest BCUT2D eigenvalue weighted by Crippen LogP contribution is -2.19. The minimum atomic E-state index is -2.69. The molecule has 118 valence electrons. The molecular formula is C17H14BrF2N3. The molecule has 1 heterocycles. The maximum atomic E-state index is 13.1. The summed E-state index contributed by atoms with van der Waals surface area (Å²) in [5.74, 6) is 0.0650. The molecule has 3 rings (SSSR count). The summed E-state index contributed by atoms with van der Waals surface area (Å²) >= 11 is 3.40. The van der Waals surface area contributed by atoms with E-state index in [0.717, 1.165) is 15.4 Å². The lowest BCUT2D eigenvalue weighted by molar-refractivity contribution is 0.141. The normalized spacial score (nSPS) is 11.2. The fourth-order valence-corrected chi connectivity index (χ4v) is 2.67. The summed E-state index contributed by atoms with van der Waals surface area (Å²) in [6, 6.07) is 15.1. The van der Waals surface area contributed by atoms with Crippen LogP contribution in [-0.4, -0.2) is 17.0 Å². The second kappa shape index (κ2) is 6.58. The molecule has 0 aliphatic heterocycles. The van der Waals surface area contributed by atoms with E-state index < -0.39 is 12.2 Å². The van der Waals surface area contributed by atoms with Gasteiger partial charge in [-0.25, -0.2) is 18.7 Å². The zero-order chi connectivity index (χ0) is 16.4. The quantitative estimate of drug-likeness (QED) is 0.642. The number of nitrogens with zero attached hydrogens (tertiary/aromatic N) is 3. The average molecular weight is 378 g/mol. The van der Waals surface area contributed by atoms with Crippen LogP contribution in [0.1, 0.15) is 17.8 Å². The van der Waals surface area contributed by atoms with Gasteiger partial charge in [0.15, 0.2) is 5.82 Å². The number of alkyl halides is 2. The van der Waals surface area contributed by atoms with Gasteiger partial charge >= 0.3 is 0 Å². The Balaban J connectivity index is 2.01. The molecule has 3 nitrogen and oxygen atoms in total. The Morgan fingerprint density at radius 1 is 1.04 bits per heavy atom. The van der Waals surface area contributed by atoms with Gasteiger partial charge in [0, 0.05) is 23.5 Å². The van der Waals surface area contributed by atoms with E-state index in [1.807, 2.05) is 48.3 Å². The molecule has 2 aromatic carbocycles. The van der Waals surface area contributed by atoms with Gasteiger partial charge in [0.25, 0.3) is 6.43 Å². The van der Waals surface area contributed by atoms with Crippen molar-refractivity contribution < 1.29 is 8.78 Å². The SMILES string of the molecule is CN(Cc1ccc(Br)cc1)c1nc(C(F)F)nc2ccccc12. The molecule has 0 saturated carbocycles. The van der Waals surface area contributed by atoms with Crippen molar-refractivity contribution in [2.45, 2.75) is 13.0 Å². The highest BCUT2D eigenvalue weighted by atomic mass is 79.9. The standard InChI is InChI=1S/C17H14BrF2N3/c1-23(10-11-6-8-12(18)9-7-11)17-13-4-2-3-5-14(13)21-16(22-17)15(19)20/h2-9,15H,10H2,1H3. The summed E-state index contributed by atoms with van der Waals surface area (Å²) in [6.45, 7) is 0.566. The van der Waals surface area contributed by atoms with Gasteiger partial charge in [-0.3, -0.25) is 0 Å². The molecule has 0 aliphatic carbocycles. The molecule has 0 atom stereocenters. The molecule has 0 N–H and O–H groups in total. The maximum absolute atomic E-state index is 13.1. The summed E-state index contributed by atoms with van der Waals surface area (Å²) in [5, 5.41) is 0.761. The number of halogens is 3. The van der Waals surface area contributed by atoms with Gasteiger partial charge in [0.2, 0.25) is 0 Å². The molecule has 1 aromatic heterocycles. The minimum absolute atomic E-state index is 0.443. The van der Waals surface area contributed by atoms with Gasteiger partial charge in [-0.05, 0) is 29.8 Å². The van der Waals surface area contributed by atoms with Crippen molar-refractivity contribution in [1.82, 2.24) is 9.97 Å². The second-order valence-corrected chi connectivity index (χ2v) is 6.12. The largest absolute Gasteiger partial charge is 0.355 e. The number of hydrogen-bond donors (Lipinski definition) is 0. The van der Waals surface area contributed by atoms with Crippen LogP contribution < -0.4 is 4.90 Å². The Labute approximate surface area is 141 Å². The second-order valence-electron chi connectivity index (χ2n) is 5.21. The first-order valence-electron chi connectivity index (χ1n) is 7.05. The monoisotopic (exact) mass is 377 g/mol. The molecule has 0 unspecified atom stereocenters. The first kappa shape index (κ1) is 15.8. The minimum Gasteiger partial charge on any atom is -0.355 e. The molecule has 0 amide bonds. The van der Waals surface area contributed by atoms with E-state index in [1.54, 1.807) is 12.1 Å². The molecular weight excluding hydrogens is 364 g/mol. The molecule has 0 bridgehead atoms. The zero-order valence-corrected chi connectivity index (χ0v) is 14.0. The Morgan fingerprint density at radius 2 is 1.74 bits per heavy atom. The summed E-state index contributed by atoms with van der Waals surface area (Å²) < 4.78 is 27.1. The van der Waals surface area contributed by atoms with Crippen LogP contribution in [0, 0.1) is 0 Å². The first-order valence-corrected chi connectivity index (χ1v) is 7.84. The van der Waals surface area contributed by atoms with E-state index in [0.29, 0.717) is 17.9 Å². The lowest BCUT2D eigenvalue weighted by atomic mass is 10.2. The summed E-state index contributed by atoms with van der Waals surface area (Å²) in [4.78, 5) is 9.87. The van der Waals surface area contributed by atoms with Crippen molar-refractivity contribution in [3.8, 4) is 0 Å². The van der Waals surface area contributed by atoms with Crippen LogP contribution in [0.15, 0.2) is 53.0 Å². The number of rotatable bonds is 4. The van der Waals surface area contributed by atoms with Gasteiger partial charge in [-0.2, -0.15) is 0 Å². The summed E-state index contributed by atoms with van der Waals surface area (Å²) in [5.41, 5.74) is 1.59. The highest BCUT2D eigenvalue weighted by Gasteiger charge is 2.17. The number of fused-ring (bicyclic) bond motifs is 1. The van der Waals surface area contributed by atoms with Crippen LogP contribution in [-0.2, 0) is 6.54 Å². The molecule has 6 heteroatoms. The summed E-state index contributed by atoms with van der Waals surface area (Å²) in [6.07, 6.45) is -2.69. The van der Waals surface area contributed by atoms with Gasteiger partial charge in [0.1, 0.15) is 5.82 Å². The predicted octanol–water partition coefficient (Wildman–Crippen LogP) is 4.97. The van der Waals surface area contributed by atoms with Crippen molar-refractivity contribution in [2.75, 3.05) is 11.9 Å². The number of para-hydroxylation sites is 1. The average Bonchev–Trinajstić information content (AvgIpc) is 2.55. The maximum Gasteiger partial charge on any atom is 0.297 e. The Bertz CT molecular complexity index is 822. The van der Waals surface area contributed by atoms with E-state index in [1.165, 1.54) is 0 Å². The van der Waals surface area contributed by atoms with Crippen molar-refractivity contribution in [2.24, 2.45) is 0 Å². The fourth-order valence-electron chi connectivity index (χ4n) is 2.40. The van der Waals surface area contributed by atoms with E-state index in [-0.39, 0.29) is 0 Å². The van der Waals surface area contributed by atoms with Crippen molar-refractivity contribution in [3.63, 3.8) is 0 Å². The highest BCUT2D eigenvalue weighted by molar-refractivity contribution is 9.10. The van der Waals surface area contributed by atoms with Crippen LogP contribution in [0.4, 0.5) is 14.6 Å². The Morgan fingerprint density at radius 3 is 2.43 bits per heavy atom. The zero-order valence-electron chi connectivity index (χ0n) is 12.4. The molecule has 3 aromatic rings. The van der Waals surface area contributed by atoms with Gasteiger partial charge < -0.3 is 4.90 Å². The van der Waals surface area contributed by atoms with E-state index >= 15 is 0 Å². The third-order valence-corrected chi connectivity index (χ3v) is 4.02. The van der Waals surface area contributed by atoms with Crippen LogP contribution in [0.5, 0.6) is 0 Å². The molecule has 0 radical (unpaired) electrons. The number of benzene rings is 2. The number of hydrogen-bond acceptors (Lipinski definition) is 3. The van der Waals surface area contributed by atoms with Gasteiger partial charge in [-0.15, -0.1) is 0 Å². The van der Waals surface area contributed by atoms with Crippen molar-refractivity contribution in [3.05, 3.63) is 64.4 Å². The molecule has 0 saturated heterocycles. The van der Waals surface area contributed by atoms with Gasteiger partial charge in [0.05, 0.1) is 5.52 Å². The topological polar surface area (TPSA) is 29.0 Å². The van der Waals surface area contributed by atoms with Crippen LogP contribution in [0.25, 0.3) is 10.9 Å². The summed E-state index contributed by atoms with van der Waals surface area (Å²) in [7, 11) is 1.84. The number of aromatic nitrogens is 2. The molecule has 0 aliphatic rings. The first-order chi connectivity index (χ1) is 11.0. The van der Waals surface area contributed by atoms with Crippen LogP contribution in [0.3, 0.4) is 0 Å².